The Bertz CT molecular complexity index is 1150. The molecule has 4 rings (SSSR count). The number of fused-ring (bicyclic) bond motifs is 1. The molecule has 1 aliphatic heterocycles. The van der Waals surface area contributed by atoms with Gasteiger partial charge in [-0.25, -0.2) is 4.98 Å². The number of nitrogens with zero attached hydrogens (tertiary/aromatic N) is 4. The fourth-order valence-corrected chi connectivity index (χ4v) is 4.54. The maximum Gasteiger partial charge on any atom is 0.259 e. The zero-order valence-corrected chi connectivity index (χ0v) is 20.9. The minimum Gasteiger partial charge on any atom is -0.472 e. The summed E-state index contributed by atoms with van der Waals surface area (Å²) in [4.78, 5) is 26.4. The summed E-state index contributed by atoms with van der Waals surface area (Å²) in [7, 11) is 2.05. The average molecular weight is 475 g/mol. The van der Waals surface area contributed by atoms with Gasteiger partial charge < -0.3 is 14.7 Å². The molecule has 0 fully saturated rings. The highest BCUT2D eigenvalue weighted by Crippen LogP contribution is 2.31. The maximum absolute atomic E-state index is 13.7. The Morgan fingerprint density at radius 1 is 1.20 bits per heavy atom. The number of ether oxygens (including phenoxy) is 1. The number of likely N-dealkylation sites (N-methyl/N-ethyl adjacent to an activating group) is 1. The highest BCUT2D eigenvalue weighted by Gasteiger charge is 2.34. The molecule has 3 aromatic rings. The van der Waals surface area contributed by atoms with Gasteiger partial charge in [0.25, 0.3) is 5.91 Å². The van der Waals surface area contributed by atoms with Gasteiger partial charge in [0.15, 0.2) is 0 Å². The maximum atomic E-state index is 13.7. The normalized spacial score (nSPS) is 19.0. The van der Waals surface area contributed by atoms with E-state index in [1.165, 1.54) is 0 Å². The van der Waals surface area contributed by atoms with E-state index in [0.717, 1.165) is 28.8 Å². The number of carbonyl (C=O) groups excluding carboxylic acids is 1. The smallest absolute Gasteiger partial charge is 0.259 e. The first-order valence-corrected chi connectivity index (χ1v) is 12.1. The highest BCUT2D eigenvalue weighted by atomic mass is 16.5. The number of carbonyl (C=O) groups is 1. The second-order valence-corrected chi connectivity index (χ2v) is 9.57. The van der Waals surface area contributed by atoms with E-state index in [9.17, 15) is 9.90 Å². The molecule has 0 saturated heterocycles. The zero-order chi connectivity index (χ0) is 24.9. The van der Waals surface area contributed by atoms with Crippen molar-refractivity contribution in [1.29, 1.82) is 0 Å². The molecule has 0 radical (unpaired) electrons. The number of aliphatic hydroxyl groups excluding tert-OH is 1. The molecule has 7 nitrogen and oxygen atoms in total. The molecule has 0 aliphatic carbocycles. The second-order valence-electron chi connectivity index (χ2n) is 9.57. The van der Waals surface area contributed by atoms with E-state index < -0.39 is 0 Å². The molecule has 1 aromatic carbocycles. The largest absolute Gasteiger partial charge is 0.472 e. The Hall–Kier alpha value is -3.29. The third kappa shape index (κ3) is 5.69. The molecule has 184 valence electrons. The fourth-order valence-electron chi connectivity index (χ4n) is 4.54. The van der Waals surface area contributed by atoms with Crippen molar-refractivity contribution in [2.24, 2.45) is 5.92 Å². The molecule has 0 bridgehead atoms. The number of aromatic nitrogens is 2. The van der Waals surface area contributed by atoms with Crippen LogP contribution in [-0.4, -0.2) is 69.7 Å². The Balaban J connectivity index is 1.67. The molecule has 1 amide bonds. The molecule has 1 aliphatic rings. The third-order valence-corrected chi connectivity index (χ3v) is 6.64. The van der Waals surface area contributed by atoms with Crippen LogP contribution in [0.1, 0.15) is 35.3 Å². The van der Waals surface area contributed by atoms with E-state index in [0.29, 0.717) is 24.5 Å². The first-order valence-electron chi connectivity index (χ1n) is 12.1. The summed E-state index contributed by atoms with van der Waals surface area (Å²) in [5.41, 5.74) is 4.56. The molecule has 1 N–H and O–H groups in total. The van der Waals surface area contributed by atoms with Gasteiger partial charge in [-0.05, 0) is 49.7 Å². The van der Waals surface area contributed by atoms with Crippen LogP contribution in [0.15, 0.2) is 61.1 Å². The number of aliphatic hydroxyl groups is 1. The van der Waals surface area contributed by atoms with Crippen LogP contribution in [0.4, 0.5) is 0 Å². The van der Waals surface area contributed by atoms with Gasteiger partial charge in [0, 0.05) is 49.7 Å². The number of pyridine rings is 2. The van der Waals surface area contributed by atoms with Gasteiger partial charge in [0.1, 0.15) is 11.7 Å². The van der Waals surface area contributed by atoms with Crippen molar-refractivity contribution in [2.75, 3.05) is 26.7 Å². The summed E-state index contributed by atoms with van der Waals surface area (Å²) in [6.07, 6.45) is 5.22. The Kier molecular flexibility index (Phi) is 7.78. The SMILES string of the molecule is Cc1ccccc1-c1cnc2c(c1)C(=O)N([C@H](C)CO)C[C@@H](C)[C@@H](CN(C)Cc1cccnc1)O2. The van der Waals surface area contributed by atoms with E-state index in [2.05, 4.69) is 34.9 Å². The van der Waals surface area contributed by atoms with Crippen LogP contribution in [-0.2, 0) is 6.54 Å². The number of amides is 1. The van der Waals surface area contributed by atoms with Crippen molar-refractivity contribution in [1.82, 2.24) is 19.8 Å². The van der Waals surface area contributed by atoms with Crippen molar-refractivity contribution in [3.63, 3.8) is 0 Å². The molecule has 7 heteroatoms. The number of hydrogen-bond acceptors (Lipinski definition) is 6. The molecule has 3 heterocycles. The van der Waals surface area contributed by atoms with E-state index in [-0.39, 0.29) is 30.6 Å². The van der Waals surface area contributed by atoms with Gasteiger partial charge in [-0.1, -0.05) is 37.3 Å². The quantitative estimate of drug-likeness (QED) is 0.561. The van der Waals surface area contributed by atoms with Gasteiger partial charge >= 0.3 is 0 Å². The van der Waals surface area contributed by atoms with Crippen LogP contribution in [0, 0.1) is 12.8 Å². The average Bonchev–Trinajstić information content (AvgIpc) is 2.86. The first kappa shape index (κ1) is 24.8. The predicted octanol–water partition coefficient (Wildman–Crippen LogP) is 3.80. The van der Waals surface area contributed by atoms with Crippen LogP contribution in [0.2, 0.25) is 0 Å². The van der Waals surface area contributed by atoms with Crippen LogP contribution >= 0.6 is 0 Å². The van der Waals surface area contributed by atoms with Crippen molar-refractivity contribution in [2.45, 2.75) is 39.5 Å². The van der Waals surface area contributed by atoms with Gasteiger partial charge in [-0.3, -0.25) is 14.7 Å². The van der Waals surface area contributed by atoms with Crippen LogP contribution in [0.3, 0.4) is 0 Å². The van der Waals surface area contributed by atoms with E-state index >= 15 is 0 Å². The molecule has 35 heavy (non-hydrogen) atoms. The number of hydrogen-bond donors (Lipinski definition) is 1. The van der Waals surface area contributed by atoms with Crippen molar-refractivity contribution in [3.8, 4) is 17.0 Å². The van der Waals surface area contributed by atoms with E-state index in [1.54, 1.807) is 17.3 Å². The lowest BCUT2D eigenvalue weighted by atomic mass is 9.98. The standard InChI is InChI=1S/C28H34N4O3/c1-19-8-5-6-10-24(19)23-12-25-27(30-14-23)35-26(17-31(4)16-22-9-7-11-29-13-22)20(2)15-32(28(25)34)21(3)18-33/h5-14,20-21,26,33H,15-18H2,1-4H3/t20-,21-,26-/m1/s1. The summed E-state index contributed by atoms with van der Waals surface area (Å²) in [5.74, 6) is 0.211. The second kappa shape index (κ2) is 11.0. The summed E-state index contributed by atoms with van der Waals surface area (Å²) < 4.78 is 6.43. The third-order valence-electron chi connectivity index (χ3n) is 6.64. The van der Waals surface area contributed by atoms with Crippen LogP contribution < -0.4 is 4.74 Å². The van der Waals surface area contributed by atoms with Crippen molar-refractivity contribution in [3.05, 3.63) is 77.7 Å². The summed E-state index contributed by atoms with van der Waals surface area (Å²) in [6.45, 7) is 7.77. The van der Waals surface area contributed by atoms with E-state index in [4.69, 9.17) is 4.74 Å². The minimum absolute atomic E-state index is 0.0373. The minimum atomic E-state index is -0.313. The zero-order valence-electron chi connectivity index (χ0n) is 20.9. The summed E-state index contributed by atoms with van der Waals surface area (Å²) in [6, 6.07) is 13.6. The number of benzene rings is 1. The molecule has 3 atom stereocenters. The predicted molar refractivity (Wildman–Crippen MR) is 136 cm³/mol. The topological polar surface area (TPSA) is 78.8 Å². The van der Waals surface area contributed by atoms with Gasteiger partial charge in [0.2, 0.25) is 5.88 Å². The molecular weight excluding hydrogens is 440 g/mol. The van der Waals surface area contributed by atoms with Gasteiger partial charge in [-0.15, -0.1) is 0 Å². The molecule has 0 saturated carbocycles. The molecule has 0 unspecified atom stereocenters. The molecular formula is C28H34N4O3. The lowest BCUT2D eigenvalue weighted by Crippen LogP contribution is -2.49. The highest BCUT2D eigenvalue weighted by molar-refractivity contribution is 5.98. The van der Waals surface area contributed by atoms with Crippen LogP contribution in [0.5, 0.6) is 5.88 Å². The number of aryl methyl sites for hydroxylation is 1. The fraction of sp³-hybridized carbons (Fsp3) is 0.393. The van der Waals surface area contributed by atoms with E-state index in [1.807, 2.05) is 56.4 Å². The Morgan fingerprint density at radius 2 is 2.00 bits per heavy atom. The lowest BCUT2D eigenvalue weighted by molar-refractivity contribution is 0.0325. The Labute approximate surface area is 207 Å². The first-order chi connectivity index (χ1) is 16.9. The number of rotatable bonds is 7. The molecule has 0 spiro atoms. The molecule has 2 aromatic heterocycles. The lowest BCUT2D eigenvalue weighted by Gasteiger charge is -2.37. The van der Waals surface area contributed by atoms with Crippen molar-refractivity contribution >= 4 is 5.91 Å². The van der Waals surface area contributed by atoms with Gasteiger partial charge in [-0.2, -0.15) is 0 Å². The van der Waals surface area contributed by atoms with Gasteiger partial charge in [0.05, 0.1) is 12.6 Å². The van der Waals surface area contributed by atoms with Crippen LogP contribution in [0.25, 0.3) is 11.1 Å². The Morgan fingerprint density at radius 3 is 2.71 bits per heavy atom. The summed E-state index contributed by atoms with van der Waals surface area (Å²) in [5, 5.41) is 9.89. The van der Waals surface area contributed by atoms with Crippen molar-refractivity contribution < 1.29 is 14.6 Å². The summed E-state index contributed by atoms with van der Waals surface area (Å²) >= 11 is 0. The monoisotopic (exact) mass is 474 g/mol.